The molecule has 108 valence electrons. The van der Waals surface area contributed by atoms with Crippen LogP contribution in [0.1, 0.15) is 45.2 Å². The van der Waals surface area contributed by atoms with E-state index in [9.17, 15) is 4.39 Å². The zero-order valence-corrected chi connectivity index (χ0v) is 12.5. The molecule has 0 amide bonds. The van der Waals surface area contributed by atoms with Crippen LogP contribution in [0.4, 0.5) is 4.39 Å². The molecule has 1 heterocycles. The van der Waals surface area contributed by atoms with Gasteiger partial charge in [0.2, 0.25) is 0 Å². The fourth-order valence-electron chi connectivity index (χ4n) is 1.85. The molecule has 1 N–H and O–H groups in total. The highest BCUT2D eigenvalue weighted by molar-refractivity contribution is 5.14. The smallest absolute Gasteiger partial charge is 0.141 e. The van der Waals surface area contributed by atoms with Crippen molar-refractivity contribution in [3.05, 3.63) is 29.8 Å². The Balaban J connectivity index is 2.19. The summed E-state index contributed by atoms with van der Waals surface area (Å²) in [6, 6.07) is 2.29. The van der Waals surface area contributed by atoms with E-state index in [0.29, 0.717) is 6.04 Å². The standard InChI is InChI=1S/C15H26FN3/c1-12(2)19(4)8-6-5-7-18-13(3)14-9-15(16)11-17-10-14/h9-13,18H,5-8H2,1-4H3. The average molecular weight is 267 g/mol. The third-order valence-electron chi connectivity index (χ3n) is 3.50. The zero-order valence-electron chi connectivity index (χ0n) is 12.5. The van der Waals surface area contributed by atoms with E-state index < -0.39 is 0 Å². The zero-order chi connectivity index (χ0) is 14.3. The summed E-state index contributed by atoms with van der Waals surface area (Å²) in [5.74, 6) is -0.273. The summed E-state index contributed by atoms with van der Waals surface area (Å²) in [5, 5.41) is 3.40. The molecule has 0 aromatic carbocycles. The summed E-state index contributed by atoms with van der Waals surface area (Å²) < 4.78 is 13.0. The third kappa shape index (κ3) is 6.12. The van der Waals surface area contributed by atoms with Crippen LogP contribution in [0, 0.1) is 5.82 Å². The first-order valence-corrected chi connectivity index (χ1v) is 7.04. The van der Waals surface area contributed by atoms with Crippen LogP contribution < -0.4 is 5.32 Å². The summed E-state index contributed by atoms with van der Waals surface area (Å²) >= 11 is 0. The fraction of sp³-hybridized carbons (Fsp3) is 0.667. The summed E-state index contributed by atoms with van der Waals surface area (Å²) in [6.45, 7) is 8.52. The largest absolute Gasteiger partial charge is 0.310 e. The number of pyridine rings is 1. The number of hydrogen-bond acceptors (Lipinski definition) is 3. The van der Waals surface area contributed by atoms with E-state index in [-0.39, 0.29) is 11.9 Å². The SMILES string of the molecule is CC(NCCCCN(C)C(C)C)c1cncc(F)c1. The summed E-state index contributed by atoms with van der Waals surface area (Å²) in [4.78, 5) is 6.22. The van der Waals surface area contributed by atoms with Crippen LogP contribution >= 0.6 is 0 Å². The average Bonchev–Trinajstić information content (AvgIpc) is 2.37. The van der Waals surface area contributed by atoms with E-state index in [2.05, 4.69) is 36.1 Å². The maximum atomic E-state index is 13.0. The molecule has 19 heavy (non-hydrogen) atoms. The Morgan fingerprint density at radius 2 is 2.00 bits per heavy atom. The van der Waals surface area contributed by atoms with Crippen molar-refractivity contribution < 1.29 is 4.39 Å². The van der Waals surface area contributed by atoms with Crippen molar-refractivity contribution in [2.45, 2.75) is 45.7 Å². The van der Waals surface area contributed by atoms with Gasteiger partial charge in [0, 0.05) is 18.3 Å². The molecule has 1 unspecified atom stereocenters. The quantitative estimate of drug-likeness (QED) is 0.734. The Labute approximate surface area is 116 Å². The Kier molecular flexibility index (Phi) is 6.95. The number of halogens is 1. The lowest BCUT2D eigenvalue weighted by molar-refractivity contribution is 0.267. The number of unbranched alkanes of at least 4 members (excludes halogenated alkanes) is 1. The molecule has 0 aliphatic heterocycles. The van der Waals surface area contributed by atoms with E-state index in [4.69, 9.17) is 0 Å². The molecule has 0 fully saturated rings. The molecule has 0 spiro atoms. The molecule has 1 rings (SSSR count). The van der Waals surface area contributed by atoms with Crippen LogP contribution in [0.25, 0.3) is 0 Å². The van der Waals surface area contributed by atoms with Crippen molar-refractivity contribution in [2.75, 3.05) is 20.1 Å². The van der Waals surface area contributed by atoms with Gasteiger partial charge in [-0.25, -0.2) is 4.39 Å². The van der Waals surface area contributed by atoms with Crippen molar-refractivity contribution in [3.63, 3.8) is 0 Å². The van der Waals surface area contributed by atoms with E-state index in [0.717, 1.165) is 25.1 Å². The topological polar surface area (TPSA) is 28.2 Å². The highest BCUT2D eigenvalue weighted by Gasteiger charge is 2.06. The lowest BCUT2D eigenvalue weighted by Gasteiger charge is -2.21. The van der Waals surface area contributed by atoms with Gasteiger partial charge in [0.25, 0.3) is 0 Å². The van der Waals surface area contributed by atoms with Crippen LogP contribution in [0.15, 0.2) is 18.5 Å². The minimum atomic E-state index is -0.273. The van der Waals surface area contributed by atoms with Gasteiger partial charge in [-0.05, 0) is 65.4 Å². The maximum absolute atomic E-state index is 13.0. The van der Waals surface area contributed by atoms with Gasteiger partial charge in [-0.3, -0.25) is 4.98 Å². The minimum Gasteiger partial charge on any atom is -0.310 e. The van der Waals surface area contributed by atoms with Gasteiger partial charge in [0.05, 0.1) is 6.20 Å². The van der Waals surface area contributed by atoms with Gasteiger partial charge < -0.3 is 10.2 Å². The second-order valence-electron chi connectivity index (χ2n) is 5.39. The van der Waals surface area contributed by atoms with Crippen molar-refractivity contribution in [3.8, 4) is 0 Å². The number of hydrogen-bond donors (Lipinski definition) is 1. The van der Waals surface area contributed by atoms with Crippen molar-refractivity contribution in [1.82, 2.24) is 15.2 Å². The molecule has 0 bridgehead atoms. The minimum absolute atomic E-state index is 0.144. The van der Waals surface area contributed by atoms with Gasteiger partial charge in [0.15, 0.2) is 0 Å². The van der Waals surface area contributed by atoms with Crippen LogP contribution in [0.3, 0.4) is 0 Å². The summed E-state index contributed by atoms with van der Waals surface area (Å²) in [7, 11) is 2.15. The van der Waals surface area contributed by atoms with Crippen LogP contribution in [0.5, 0.6) is 0 Å². The van der Waals surface area contributed by atoms with Gasteiger partial charge in [-0.2, -0.15) is 0 Å². The van der Waals surface area contributed by atoms with Crippen LogP contribution in [-0.2, 0) is 0 Å². The Morgan fingerprint density at radius 1 is 1.26 bits per heavy atom. The first kappa shape index (κ1) is 16.1. The molecular weight excluding hydrogens is 241 g/mol. The number of aromatic nitrogens is 1. The second-order valence-corrected chi connectivity index (χ2v) is 5.39. The second kappa shape index (κ2) is 8.23. The number of nitrogens with zero attached hydrogens (tertiary/aromatic N) is 2. The first-order chi connectivity index (χ1) is 9.00. The molecule has 0 saturated carbocycles. The monoisotopic (exact) mass is 267 g/mol. The highest BCUT2D eigenvalue weighted by Crippen LogP contribution is 2.11. The van der Waals surface area contributed by atoms with Crippen molar-refractivity contribution in [1.29, 1.82) is 0 Å². The third-order valence-corrected chi connectivity index (χ3v) is 3.50. The molecular formula is C15H26FN3. The van der Waals surface area contributed by atoms with Crippen LogP contribution in [0.2, 0.25) is 0 Å². The number of rotatable bonds is 8. The normalized spacial score (nSPS) is 13.2. The van der Waals surface area contributed by atoms with Gasteiger partial charge >= 0.3 is 0 Å². The summed E-state index contributed by atoms with van der Waals surface area (Å²) in [5.41, 5.74) is 0.902. The molecule has 1 aromatic heterocycles. The molecule has 1 aromatic rings. The summed E-state index contributed by atoms with van der Waals surface area (Å²) in [6.07, 6.45) is 5.26. The Bertz CT molecular complexity index is 368. The van der Waals surface area contributed by atoms with Crippen molar-refractivity contribution in [2.24, 2.45) is 0 Å². The van der Waals surface area contributed by atoms with E-state index in [1.807, 2.05) is 6.92 Å². The predicted molar refractivity (Wildman–Crippen MR) is 77.6 cm³/mol. The van der Waals surface area contributed by atoms with E-state index in [1.165, 1.54) is 18.7 Å². The van der Waals surface area contributed by atoms with E-state index >= 15 is 0 Å². The van der Waals surface area contributed by atoms with E-state index in [1.54, 1.807) is 6.20 Å². The maximum Gasteiger partial charge on any atom is 0.141 e. The molecule has 4 heteroatoms. The van der Waals surface area contributed by atoms with Gasteiger partial charge in [-0.15, -0.1) is 0 Å². The van der Waals surface area contributed by atoms with Crippen LogP contribution in [-0.4, -0.2) is 36.1 Å². The Hall–Kier alpha value is -1.00. The molecule has 0 aliphatic carbocycles. The van der Waals surface area contributed by atoms with Gasteiger partial charge in [-0.1, -0.05) is 0 Å². The molecule has 3 nitrogen and oxygen atoms in total. The molecule has 0 saturated heterocycles. The van der Waals surface area contributed by atoms with Crippen molar-refractivity contribution >= 4 is 0 Å². The van der Waals surface area contributed by atoms with Gasteiger partial charge in [0.1, 0.15) is 5.82 Å². The molecule has 1 atom stereocenters. The lowest BCUT2D eigenvalue weighted by atomic mass is 10.1. The lowest BCUT2D eigenvalue weighted by Crippen LogP contribution is -2.28. The molecule has 0 radical (unpaired) electrons. The Morgan fingerprint density at radius 3 is 2.63 bits per heavy atom. The highest BCUT2D eigenvalue weighted by atomic mass is 19.1. The molecule has 0 aliphatic rings. The fourth-order valence-corrected chi connectivity index (χ4v) is 1.85. The number of nitrogens with one attached hydrogen (secondary N) is 1. The first-order valence-electron chi connectivity index (χ1n) is 7.04. The predicted octanol–water partition coefficient (Wildman–Crippen LogP) is 2.99.